The first-order chi connectivity index (χ1) is 12.9. The van der Waals surface area contributed by atoms with Gasteiger partial charge in [-0.15, -0.1) is 0 Å². The Morgan fingerprint density at radius 2 is 1.85 bits per heavy atom. The van der Waals surface area contributed by atoms with Crippen LogP contribution in [-0.2, 0) is 17.5 Å². The van der Waals surface area contributed by atoms with Crippen molar-refractivity contribution in [2.75, 3.05) is 12.4 Å². The number of carbonyl (C=O) groups is 1. The minimum Gasteiger partial charge on any atom is -0.451 e. The Bertz CT molecular complexity index is 947. The van der Waals surface area contributed by atoms with Crippen molar-refractivity contribution in [3.63, 3.8) is 0 Å². The SMILES string of the molecule is COCc1cccc(NC(=O)c2ccc(-c3cccc(C(F)(F)F)c3)o2)c1. The van der Waals surface area contributed by atoms with E-state index in [0.29, 0.717) is 12.3 Å². The van der Waals surface area contributed by atoms with Gasteiger partial charge in [0.2, 0.25) is 0 Å². The van der Waals surface area contributed by atoms with E-state index in [4.69, 9.17) is 9.15 Å². The molecule has 1 heterocycles. The van der Waals surface area contributed by atoms with Crippen LogP contribution in [0, 0.1) is 0 Å². The van der Waals surface area contributed by atoms with Crippen LogP contribution in [0.2, 0.25) is 0 Å². The number of nitrogens with one attached hydrogen (secondary N) is 1. The highest BCUT2D eigenvalue weighted by Crippen LogP contribution is 2.32. The van der Waals surface area contributed by atoms with Crippen LogP contribution in [0.3, 0.4) is 0 Å². The first kappa shape index (κ1) is 18.7. The quantitative estimate of drug-likeness (QED) is 0.653. The smallest absolute Gasteiger partial charge is 0.416 e. The van der Waals surface area contributed by atoms with Crippen molar-refractivity contribution >= 4 is 11.6 Å². The Kier molecular flexibility index (Phi) is 5.32. The molecule has 27 heavy (non-hydrogen) atoms. The molecule has 0 atom stereocenters. The fourth-order valence-corrected chi connectivity index (χ4v) is 2.56. The molecule has 2 aromatic carbocycles. The first-order valence-corrected chi connectivity index (χ1v) is 8.03. The molecular formula is C20H16F3NO3. The Labute approximate surface area is 153 Å². The van der Waals surface area contributed by atoms with Crippen LogP contribution in [0.25, 0.3) is 11.3 Å². The molecule has 0 bridgehead atoms. The van der Waals surface area contributed by atoms with Crippen molar-refractivity contribution in [1.29, 1.82) is 0 Å². The highest BCUT2D eigenvalue weighted by Gasteiger charge is 2.30. The van der Waals surface area contributed by atoms with Crippen molar-refractivity contribution in [1.82, 2.24) is 0 Å². The number of methoxy groups -OCH3 is 1. The highest BCUT2D eigenvalue weighted by molar-refractivity contribution is 6.02. The van der Waals surface area contributed by atoms with E-state index in [2.05, 4.69) is 5.32 Å². The zero-order valence-corrected chi connectivity index (χ0v) is 14.3. The standard InChI is InChI=1S/C20H16F3NO3/c1-26-12-13-4-2-7-16(10-13)24-19(25)18-9-8-17(27-18)14-5-3-6-15(11-14)20(21,22)23/h2-11H,12H2,1H3,(H,24,25). The second kappa shape index (κ2) is 7.67. The third-order valence-corrected chi connectivity index (χ3v) is 3.80. The van der Waals surface area contributed by atoms with Gasteiger partial charge in [-0.25, -0.2) is 0 Å². The number of hydrogen-bond acceptors (Lipinski definition) is 3. The number of carbonyl (C=O) groups excluding carboxylic acids is 1. The fraction of sp³-hybridized carbons (Fsp3) is 0.150. The Morgan fingerprint density at radius 3 is 2.59 bits per heavy atom. The summed E-state index contributed by atoms with van der Waals surface area (Å²) in [6.07, 6.45) is -4.45. The summed E-state index contributed by atoms with van der Waals surface area (Å²) in [4.78, 5) is 12.3. The lowest BCUT2D eigenvalue weighted by Crippen LogP contribution is -2.11. The lowest BCUT2D eigenvalue weighted by atomic mass is 10.1. The first-order valence-electron chi connectivity index (χ1n) is 8.03. The summed E-state index contributed by atoms with van der Waals surface area (Å²) in [7, 11) is 1.57. The molecular weight excluding hydrogens is 359 g/mol. The molecule has 0 aliphatic rings. The zero-order chi connectivity index (χ0) is 19.4. The number of anilines is 1. The molecule has 3 aromatic rings. The van der Waals surface area contributed by atoms with Gasteiger partial charge in [-0.3, -0.25) is 4.79 Å². The number of hydrogen-bond donors (Lipinski definition) is 1. The minimum absolute atomic E-state index is 0.000411. The van der Waals surface area contributed by atoms with Gasteiger partial charge in [-0.1, -0.05) is 24.3 Å². The third kappa shape index (κ3) is 4.57. The van der Waals surface area contributed by atoms with Gasteiger partial charge in [0.1, 0.15) is 5.76 Å². The van der Waals surface area contributed by atoms with Gasteiger partial charge in [0, 0.05) is 18.4 Å². The van der Waals surface area contributed by atoms with E-state index in [0.717, 1.165) is 17.7 Å². The van der Waals surface area contributed by atoms with Crippen molar-refractivity contribution in [2.24, 2.45) is 0 Å². The molecule has 1 aromatic heterocycles. The minimum atomic E-state index is -4.45. The Hall–Kier alpha value is -3.06. The largest absolute Gasteiger partial charge is 0.451 e. The van der Waals surface area contributed by atoms with E-state index in [9.17, 15) is 18.0 Å². The molecule has 0 saturated heterocycles. The molecule has 7 heteroatoms. The summed E-state index contributed by atoms with van der Waals surface area (Å²) in [6.45, 7) is 0.407. The van der Waals surface area contributed by atoms with E-state index >= 15 is 0 Å². The molecule has 0 aliphatic heterocycles. The summed E-state index contributed by atoms with van der Waals surface area (Å²) < 4.78 is 49.0. The average Bonchev–Trinajstić information content (AvgIpc) is 3.12. The van der Waals surface area contributed by atoms with Crippen LogP contribution in [-0.4, -0.2) is 13.0 Å². The van der Waals surface area contributed by atoms with E-state index in [1.807, 2.05) is 6.07 Å². The lowest BCUT2D eigenvalue weighted by molar-refractivity contribution is -0.137. The van der Waals surface area contributed by atoms with Crippen molar-refractivity contribution < 1.29 is 27.1 Å². The lowest BCUT2D eigenvalue weighted by Gasteiger charge is -2.07. The highest BCUT2D eigenvalue weighted by atomic mass is 19.4. The summed E-state index contributed by atoms with van der Waals surface area (Å²) in [5, 5.41) is 2.69. The fourth-order valence-electron chi connectivity index (χ4n) is 2.56. The predicted molar refractivity (Wildman–Crippen MR) is 94.3 cm³/mol. The van der Waals surface area contributed by atoms with Crippen LogP contribution >= 0.6 is 0 Å². The third-order valence-electron chi connectivity index (χ3n) is 3.80. The molecule has 0 spiro atoms. The maximum atomic E-state index is 12.8. The normalized spacial score (nSPS) is 11.4. The number of halogens is 3. The van der Waals surface area contributed by atoms with Gasteiger partial charge in [-0.05, 0) is 42.0 Å². The summed E-state index contributed by atoms with van der Waals surface area (Å²) >= 11 is 0. The van der Waals surface area contributed by atoms with E-state index in [1.54, 1.807) is 25.3 Å². The number of ether oxygens (including phenoxy) is 1. The summed E-state index contributed by atoms with van der Waals surface area (Å²) in [5.74, 6) is -0.318. The molecule has 1 N–H and O–H groups in total. The molecule has 0 saturated carbocycles. The molecule has 1 amide bonds. The monoisotopic (exact) mass is 375 g/mol. The van der Waals surface area contributed by atoms with Gasteiger partial charge in [0.05, 0.1) is 12.2 Å². The second-order valence-electron chi connectivity index (χ2n) is 5.83. The van der Waals surface area contributed by atoms with Crippen LogP contribution in [0.1, 0.15) is 21.7 Å². The van der Waals surface area contributed by atoms with Crippen LogP contribution in [0.5, 0.6) is 0 Å². The number of amides is 1. The molecule has 3 rings (SSSR count). The van der Waals surface area contributed by atoms with Gasteiger partial charge in [0.15, 0.2) is 5.76 Å². The van der Waals surface area contributed by atoms with Gasteiger partial charge >= 0.3 is 6.18 Å². The van der Waals surface area contributed by atoms with Crippen molar-refractivity contribution in [3.8, 4) is 11.3 Å². The van der Waals surface area contributed by atoms with Crippen LogP contribution in [0.4, 0.5) is 18.9 Å². The van der Waals surface area contributed by atoms with E-state index in [-0.39, 0.29) is 17.1 Å². The molecule has 0 fully saturated rings. The molecule has 0 unspecified atom stereocenters. The Balaban J connectivity index is 1.77. The van der Waals surface area contributed by atoms with Crippen LogP contribution in [0.15, 0.2) is 65.1 Å². The summed E-state index contributed by atoms with van der Waals surface area (Å²) in [6, 6.07) is 14.7. The number of benzene rings is 2. The Morgan fingerprint density at radius 1 is 1.07 bits per heavy atom. The number of rotatable bonds is 5. The van der Waals surface area contributed by atoms with Gasteiger partial charge in [0.25, 0.3) is 5.91 Å². The van der Waals surface area contributed by atoms with Crippen molar-refractivity contribution in [3.05, 3.63) is 77.6 Å². The van der Waals surface area contributed by atoms with Gasteiger partial charge in [-0.2, -0.15) is 13.2 Å². The van der Waals surface area contributed by atoms with Crippen LogP contribution < -0.4 is 5.32 Å². The van der Waals surface area contributed by atoms with Gasteiger partial charge < -0.3 is 14.5 Å². The number of alkyl halides is 3. The summed E-state index contributed by atoms with van der Waals surface area (Å²) in [5.41, 5.74) is 0.911. The molecule has 4 nitrogen and oxygen atoms in total. The molecule has 140 valence electrons. The zero-order valence-electron chi connectivity index (χ0n) is 14.3. The van der Waals surface area contributed by atoms with Crippen molar-refractivity contribution in [2.45, 2.75) is 12.8 Å². The molecule has 0 aliphatic carbocycles. The molecule has 0 radical (unpaired) electrons. The van der Waals surface area contributed by atoms with E-state index in [1.165, 1.54) is 24.3 Å². The maximum Gasteiger partial charge on any atom is 0.416 e. The van der Waals surface area contributed by atoms with E-state index < -0.39 is 17.6 Å². The number of furan rings is 1. The second-order valence-corrected chi connectivity index (χ2v) is 5.83. The topological polar surface area (TPSA) is 51.5 Å². The average molecular weight is 375 g/mol. The predicted octanol–water partition coefficient (Wildman–Crippen LogP) is 5.36. The maximum absolute atomic E-state index is 12.8.